The minimum atomic E-state index is 1.21. The third-order valence-electron chi connectivity index (χ3n) is 10.0. The van der Waals surface area contributed by atoms with Crippen LogP contribution in [0.15, 0.2) is 24.3 Å². The summed E-state index contributed by atoms with van der Waals surface area (Å²) in [6.07, 6.45) is 39.9. The summed E-state index contributed by atoms with van der Waals surface area (Å²) in [5.74, 6) is 0. The Morgan fingerprint density at radius 3 is 1.04 bits per heavy atom. The zero-order chi connectivity index (χ0) is 34.4. The van der Waals surface area contributed by atoms with E-state index in [0.29, 0.717) is 0 Å². The third kappa shape index (κ3) is 15.8. The average Bonchev–Trinajstić information content (AvgIpc) is 3.62. The predicted molar refractivity (Wildman–Crippen MR) is 223 cm³/mol. The maximum atomic E-state index is 2.43. The molecule has 2 aromatic heterocycles. The molecule has 0 bridgehead atoms. The number of rotatable bonds is 26. The van der Waals surface area contributed by atoms with Gasteiger partial charge in [0.15, 0.2) is 0 Å². The van der Waals surface area contributed by atoms with E-state index in [0.717, 1.165) is 0 Å². The Morgan fingerprint density at radius 1 is 0.396 bits per heavy atom. The molecule has 266 valence electrons. The maximum absolute atomic E-state index is 2.43. The summed E-state index contributed by atoms with van der Waals surface area (Å²) < 4.78 is 0. The summed E-state index contributed by atoms with van der Waals surface area (Å²) in [5.41, 5.74) is 8.48. The average molecular weight is 687 g/mol. The van der Waals surface area contributed by atoms with E-state index in [-0.39, 0.29) is 0 Å². The van der Waals surface area contributed by atoms with Crippen LogP contribution in [0.5, 0.6) is 0 Å². The molecule has 0 spiro atoms. The lowest BCUT2D eigenvalue weighted by Crippen LogP contribution is -1.89. The van der Waals surface area contributed by atoms with Crippen LogP contribution in [0.25, 0.3) is 24.3 Å². The summed E-state index contributed by atoms with van der Waals surface area (Å²) >= 11 is 3.91. The molecule has 0 N–H and O–H groups in total. The monoisotopic (exact) mass is 686 g/mol. The van der Waals surface area contributed by atoms with Crippen LogP contribution < -0.4 is 0 Å². The molecule has 1 aromatic carbocycles. The zero-order valence-electron chi connectivity index (χ0n) is 32.0. The Kier molecular flexibility index (Phi) is 20.5. The van der Waals surface area contributed by atoms with Crippen LogP contribution in [0.2, 0.25) is 0 Å². The van der Waals surface area contributed by atoms with Gasteiger partial charge >= 0.3 is 0 Å². The van der Waals surface area contributed by atoms with Crippen molar-refractivity contribution in [3.8, 4) is 0 Å². The van der Waals surface area contributed by atoms with Gasteiger partial charge < -0.3 is 0 Å². The van der Waals surface area contributed by atoms with Gasteiger partial charge in [0.25, 0.3) is 0 Å². The van der Waals surface area contributed by atoms with Gasteiger partial charge in [0.2, 0.25) is 0 Å². The molecular formula is C46H70S2. The van der Waals surface area contributed by atoms with E-state index in [1.165, 1.54) is 183 Å². The molecule has 0 unspecified atom stereocenters. The van der Waals surface area contributed by atoms with Crippen LogP contribution in [0, 0.1) is 27.7 Å². The van der Waals surface area contributed by atoms with Gasteiger partial charge in [-0.3, -0.25) is 0 Å². The van der Waals surface area contributed by atoms with E-state index < -0.39 is 0 Å². The second-order valence-electron chi connectivity index (χ2n) is 14.6. The van der Waals surface area contributed by atoms with Crippen molar-refractivity contribution in [2.75, 3.05) is 0 Å². The molecule has 48 heavy (non-hydrogen) atoms. The van der Waals surface area contributed by atoms with Gasteiger partial charge in [-0.15, -0.1) is 22.7 Å². The Balaban J connectivity index is 1.48. The molecule has 3 aromatic rings. The predicted octanol–water partition coefficient (Wildman–Crippen LogP) is 16.3. The largest absolute Gasteiger partial charge is 0.141 e. The zero-order valence-corrected chi connectivity index (χ0v) is 33.6. The smallest absolute Gasteiger partial charge is 0.0305 e. The van der Waals surface area contributed by atoms with Crippen LogP contribution in [-0.4, -0.2) is 0 Å². The third-order valence-corrected chi connectivity index (χ3v) is 12.1. The number of hydrogen-bond donors (Lipinski definition) is 0. The highest BCUT2D eigenvalue weighted by Crippen LogP contribution is 2.29. The van der Waals surface area contributed by atoms with E-state index in [1.807, 2.05) is 22.7 Å². The first-order valence-corrected chi connectivity index (χ1v) is 21.7. The van der Waals surface area contributed by atoms with E-state index in [9.17, 15) is 0 Å². The standard InChI is InChI=1S/C46H70S2/c1-7-9-11-13-15-17-19-21-23-25-27-43-35-39(5)47-45(43)31-29-41-33-38(4)42(34-37(41)3)30-32-46-44(36-40(6)48-46)28-26-24-22-20-18-16-14-12-10-8-2/h29-36H,7-28H2,1-6H3/b31-29+,32-30+. The molecule has 0 radical (unpaired) electrons. The highest BCUT2D eigenvalue weighted by molar-refractivity contribution is 7.13. The molecule has 0 aliphatic rings. The van der Waals surface area contributed by atoms with Gasteiger partial charge in [0.05, 0.1) is 0 Å². The minimum absolute atomic E-state index is 1.21. The van der Waals surface area contributed by atoms with Crippen molar-refractivity contribution >= 4 is 47.0 Å². The number of thiophene rings is 2. The number of unbranched alkanes of at least 4 members (excludes halogenated alkanes) is 18. The lowest BCUT2D eigenvalue weighted by molar-refractivity contribution is 0.556. The maximum Gasteiger partial charge on any atom is 0.0305 e. The Bertz CT molecular complexity index is 1240. The van der Waals surface area contributed by atoms with Gasteiger partial charge in [-0.1, -0.05) is 154 Å². The Hall–Kier alpha value is -1.90. The summed E-state index contributed by atoms with van der Waals surface area (Å²) in [6, 6.07) is 9.64. The van der Waals surface area contributed by atoms with Crippen molar-refractivity contribution in [2.45, 2.75) is 183 Å². The molecule has 0 aliphatic heterocycles. The van der Waals surface area contributed by atoms with Crippen molar-refractivity contribution in [3.63, 3.8) is 0 Å². The summed E-state index contributed by atoms with van der Waals surface area (Å²) in [5, 5.41) is 0. The fourth-order valence-electron chi connectivity index (χ4n) is 7.00. The SMILES string of the molecule is CCCCCCCCCCCCc1cc(C)sc1/C=C/c1cc(C)c(/C=C/c2sc(C)cc2CCCCCCCCCCCC)cc1C. The van der Waals surface area contributed by atoms with Gasteiger partial charge in [0.1, 0.15) is 0 Å². The lowest BCUT2D eigenvalue weighted by Gasteiger charge is -2.08. The molecular weight excluding hydrogens is 617 g/mol. The normalized spacial score (nSPS) is 12.0. The fraction of sp³-hybridized carbons (Fsp3) is 0.609. The lowest BCUT2D eigenvalue weighted by atomic mass is 9.98. The molecule has 0 atom stereocenters. The second kappa shape index (κ2) is 24.3. The number of hydrogen-bond acceptors (Lipinski definition) is 2. The van der Waals surface area contributed by atoms with Gasteiger partial charge in [-0.25, -0.2) is 0 Å². The van der Waals surface area contributed by atoms with Crippen LogP contribution in [0.4, 0.5) is 0 Å². The van der Waals surface area contributed by atoms with Crippen molar-refractivity contribution < 1.29 is 0 Å². The van der Waals surface area contributed by atoms with Crippen molar-refractivity contribution in [1.82, 2.24) is 0 Å². The Labute approximate surface area is 305 Å². The van der Waals surface area contributed by atoms with Crippen LogP contribution in [-0.2, 0) is 12.8 Å². The second-order valence-corrected chi connectivity index (χ2v) is 17.2. The molecule has 0 fully saturated rings. The van der Waals surface area contributed by atoms with Crippen molar-refractivity contribution in [1.29, 1.82) is 0 Å². The van der Waals surface area contributed by atoms with Crippen LogP contribution >= 0.6 is 22.7 Å². The summed E-state index contributed by atoms with van der Waals surface area (Å²) in [6.45, 7) is 13.7. The van der Waals surface area contributed by atoms with Gasteiger partial charge in [-0.05, 0) is 111 Å². The number of benzene rings is 1. The van der Waals surface area contributed by atoms with E-state index in [1.54, 1.807) is 11.1 Å². The Morgan fingerprint density at radius 2 is 0.708 bits per heavy atom. The first-order valence-electron chi connectivity index (χ1n) is 20.1. The molecule has 0 amide bonds. The summed E-state index contributed by atoms with van der Waals surface area (Å²) in [4.78, 5) is 5.77. The summed E-state index contributed by atoms with van der Waals surface area (Å²) in [7, 11) is 0. The molecule has 0 saturated heterocycles. The fourth-order valence-corrected chi connectivity index (χ4v) is 8.95. The first kappa shape index (κ1) is 40.5. The van der Waals surface area contributed by atoms with Crippen molar-refractivity contribution in [3.05, 3.63) is 77.2 Å². The topological polar surface area (TPSA) is 0 Å². The van der Waals surface area contributed by atoms with Crippen LogP contribution in [0.3, 0.4) is 0 Å². The molecule has 2 heterocycles. The number of aryl methyl sites for hydroxylation is 6. The van der Waals surface area contributed by atoms with E-state index >= 15 is 0 Å². The minimum Gasteiger partial charge on any atom is -0.141 e. The first-order chi connectivity index (χ1) is 23.4. The molecule has 3 rings (SSSR count). The van der Waals surface area contributed by atoms with Gasteiger partial charge in [0, 0.05) is 19.5 Å². The van der Waals surface area contributed by atoms with Crippen molar-refractivity contribution in [2.24, 2.45) is 0 Å². The molecule has 2 heteroatoms. The molecule has 0 aliphatic carbocycles. The van der Waals surface area contributed by atoms with E-state index in [4.69, 9.17) is 0 Å². The molecule has 0 saturated carbocycles. The highest BCUT2D eigenvalue weighted by Gasteiger charge is 2.08. The molecule has 0 nitrogen and oxygen atoms in total. The quantitative estimate of drug-likeness (QED) is 0.0737. The highest BCUT2D eigenvalue weighted by atomic mass is 32.1. The van der Waals surface area contributed by atoms with E-state index in [2.05, 4.69) is 90.1 Å². The van der Waals surface area contributed by atoms with Crippen LogP contribution in [0.1, 0.15) is 195 Å². The van der Waals surface area contributed by atoms with Gasteiger partial charge in [-0.2, -0.15) is 0 Å².